The van der Waals surface area contributed by atoms with Crippen LogP contribution in [0.4, 0.5) is 0 Å². The van der Waals surface area contributed by atoms with E-state index < -0.39 is 7.26 Å². The Labute approximate surface area is 203 Å². The lowest BCUT2D eigenvalue weighted by atomic mass is 10.1. The van der Waals surface area contributed by atoms with Crippen molar-refractivity contribution in [3.63, 3.8) is 0 Å². The summed E-state index contributed by atoms with van der Waals surface area (Å²) >= 11 is 0. The van der Waals surface area contributed by atoms with Gasteiger partial charge in [-0.05, 0) is 53.1 Å². The van der Waals surface area contributed by atoms with E-state index in [0.29, 0.717) is 0 Å². The van der Waals surface area contributed by atoms with Crippen molar-refractivity contribution in [2.24, 2.45) is 0 Å². The van der Waals surface area contributed by atoms with Gasteiger partial charge in [0.15, 0.2) is 0 Å². The van der Waals surface area contributed by atoms with E-state index in [0.717, 1.165) is 6.16 Å². The molecule has 0 atom stereocenters. The van der Waals surface area contributed by atoms with Crippen molar-refractivity contribution in [1.82, 2.24) is 0 Å². The molecule has 34 heavy (non-hydrogen) atoms. The van der Waals surface area contributed by atoms with Crippen LogP contribution in [-0.4, -0.2) is 0 Å². The number of benzene rings is 5. The highest BCUT2D eigenvalue weighted by Crippen LogP contribution is 2.58. The third-order valence-corrected chi connectivity index (χ3v) is 10.6. The van der Waals surface area contributed by atoms with E-state index in [4.69, 9.17) is 0 Å². The van der Waals surface area contributed by atoms with Gasteiger partial charge in [0, 0.05) is 0 Å². The molecule has 0 saturated heterocycles. The highest BCUT2D eigenvalue weighted by atomic mass is 31.2. The van der Waals surface area contributed by atoms with E-state index in [1.54, 1.807) is 0 Å². The molecule has 1 heteroatoms. The highest BCUT2D eigenvalue weighted by molar-refractivity contribution is 7.95. The van der Waals surface area contributed by atoms with Crippen LogP contribution in [0.2, 0.25) is 0 Å². The second-order valence-electron chi connectivity index (χ2n) is 8.46. The fourth-order valence-electron chi connectivity index (χ4n) is 4.53. The highest BCUT2D eigenvalue weighted by Gasteiger charge is 2.45. The summed E-state index contributed by atoms with van der Waals surface area (Å²) in [4.78, 5) is 0. The zero-order valence-corrected chi connectivity index (χ0v) is 20.1. The minimum Gasteiger partial charge on any atom is -0.0622 e. The zero-order chi connectivity index (χ0) is 23.1. The number of rotatable bonds is 7. The average Bonchev–Trinajstić information content (AvgIpc) is 2.93. The molecule has 164 valence electrons. The van der Waals surface area contributed by atoms with Gasteiger partial charge in [0.1, 0.15) is 23.2 Å². The summed E-state index contributed by atoms with van der Waals surface area (Å²) in [6.07, 6.45) is 5.35. The van der Waals surface area contributed by atoms with E-state index in [2.05, 4.69) is 152 Å². The summed E-state index contributed by atoms with van der Waals surface area (Å²) in [6, 6.07) is 52.8. The van der Waals surface area contributed by atoms with Crippen LogP contribution in [0.3, 0.4) is 0 Å². The van der Waals surface area contributed by atoms with Gasteiger partial charge < -0.3 is 0 Å². The maximum Gasteiger partial charge on any atom is 0.116 e. The van der Waals surface area contributed by atoms with E-state index in [-0.39, 0.29) is 0 Å². The molecule has 0 aliphatic heterocycles. The van der Waals surface area contributed by atoms with Crippen LogP contribution in [0.5, 0.6) is 0 Å². The molecule has 0 bridgehead atoms. The number of hydrogen-bond donors (Lipinski definition) is 0. The SMILES string of the molecule is C(=C\c1ccc(C[P+](c2ccccc2)(c2ccccc2)c2ccccc2)cc1)/c1ccccc1. The lowest BCUT2D eigenvalue weighted by Gasteiger charge is -2.28. The Hall–Kier alpha value is -3.73. The van der Waals surface area contributed by atoms with Gasteiger partial charge in [0.2, 0.25) is 0 Å². The van der Waals surface area contributed by atoms with Gasteiger partial charge in [-0.2, -0.15) is 0 Å². The van der Waals surface area contributed by atoms with Crippen LogP contribution in [0, 0.1) is 0 Å². The summed E-state index contributed by atoms with van der Waals surface area (Å²) in [5, 5.41) is 4.25. The second-order valence-corrected chi connectivity index (χ2v) is 11.9. The molecule has 0 aliphatic rings. The Bertz CT molecular complexity index is 1230. The summed E-state index contributed by atoms with van der Waals surface area (Å²) in [5.41, 5.74) is 3.80. The van der Waals surface area contributed by atoms with Crippen molar-refractivity contribution < 1.29 is 0 Å². The second kappa shape index (κ2) is 10.5. The van der Waals surface area contributed by atoms with Crippen molar-refractivity contribution >= 4 is 35.3 Å². The van der Waals surface area contributed by atoms with Crippen LogP contribution in [0.15, 0.2) is 146 Å². The van der Waals surface area contributed by atoms with E-state index in [9.17, 15) is 0 Å². The molecule has 0 amide bonds. The molecule has 0 nitrogen and oxygen atoms in total. The van der Waals surface area contributed by atoms with Crippen molar-refractivity contribution in [3.8, 4) is 0 Å². The average molecular weight is 456 g/mol. The molecule has 5 aromatic rings. The molecule has 0 spiro atoms. The molecule has 0 aromatic heterocycles. The maximum atomic E-state index is 2.31. The molecule has 0 radical (unpaired) electrons. The molecule has 0 heterocycles. The first-order valence-corrected chi connectivity index (χ1v) is 13.7. The summed E-state index contributed by atoms with van der Waals surface area (Å²) in [6.45, 7) is 0. The smallest absolute Gasteiger partial charge is 0.0622 e. The van der Waals surface area contributed by atoms with Gasteiger partial charge in [-0.25, -0.2) is 0 Å². The van der Waals surface area contributed by atoms with Crippen LogP contribution in [0.25, 0.3) is 12.2 Å². The standard InChI is InChI=1S/C33H28P/c1-5-13-28(14-6-1)21-22-29-23-25-30(26-24-29)27-34(31-15-7-2-8-16-31,32-17-9-3-10-18-32)33-19-11-4-12-20-33/h1-26H,27H2/q+1/b22-21+. The molecule has 0 aliphatic carbocycles. The largest absolute Gasteiger partial charge is 0.116 e. The fraction of sp³-hybridized carbons (Fsp3) is 0.0303. The van der Waals surface area contributed by atoms with Crippen LogP contribution >= 0.6 is 7.26 Å². The van der Waals surface area contributed by atoms with Gasteiger partial charge in [-0.3, -0.25) is 0 Å². The minimum atomic E-state index is -1.87. The quantitative estimate of drug-likeness (QED) is 0.178. The first-order valence-electron chi connectivity index (χ1n) is 11.7. The summed E-state index contributed by atoms with van der Waals surface area (Å²) < 4.78 is 0. The Balaban J connectivity index is 1.56. The summed E-state index contributed by atoms with van der Waals surface area (Å²) in [7, 11) is -1.87. The van der Waals surface area contributed by atoms with Gasteiger partial charge in [-0.15, -0.1) is 0 Å². The molecule has 0 saturated carbocycles. The van der Waals surface area contributed by atoms with Crippen molar-refractivity contribution in [3.05, 3.63) is 162 Å². The minimum absolute atomic E-state index is 0.994. The van der Waals surface area contributed by atoms with E-state index in [1.807, 2.05) is 6.07 Å². The zero-order valence-electron chi connectivity index (χ0n) is 19.2. The lowest BCUT2D eigenvalue weighted by Crippen LogP contribution is -2.32. The van der Waals surface area contributed by atoms with Gasteiger partial charge in [0.05, 0.1) is 6.16 Å². The Morgan fingerprint density at radius 1 is 0.382 bits per heavy atom. The maximum absolute atomic E-state index is 2.31. The lowest BCUT2D eigenvalue weighted by molar-refractivity contribution is 1.38. The third-order valence-electron chi connectivity index (χ3n) is 6.26. The summed E-state index contributed by atoms with van der Waals surface area (Å²) in [5.74, 6) is 0. The third kappa shape index (κ3) is 4.79. The van der Waals surface area contributed by atoms with Crippen LogP contribution in [0.1, 0.15) is 16.7 Å². The Morgan fingerprint density at radius 2 is 0.735 bits per heavy atom. The first-order chi connectivity index (χ1) is 16.8. The van der Waals surface area contributed by atoms with E-state index in [1.165, 1.54) is 32.6 Å². The molecule has 5 rings (SSSR count). The van der Waals surface area contributed by atoms with Crippen molar-refractivity contribution in [2.75, 3.05) is 0 Å². The molecule has 0 unspecified atom stereocenters. The monoisotopic (exact) mass is 455 g/mol. The Kier molecular flexibility index (Phi) is 6.80. The topological polar surface area (TPSA) is 0 Å². The predicted molar refractivity (Wildman–Crippen MR) is 151 cm³/mol. The Morgan fingerprint density at radius 3 is 1.15 bits per heavy atom. The normalized spacial score (nSPS) is 11.5. The first kappa shape index (κ1) is 22.1. The van der Waals surface area contributed by atoms with Gasteiger partial charge >= 0.3 is 0 Å². The van der Waals surface area contributed by atoms with Gasteiger partial charge in [0.25, 0.3) is 0 Å². The molecule has 0 fully saturated rings. The molecular formula is C33H28P+. The number of hydrogen-bond acceptors (Lipinski definition) is 0. The molecule has 5 aromatic carbocycles. The van der Waals surface area contributed by atoms with Crippen molar-refractivity contribution in [2.45, 2.75) is 6.16 Å². The molecule has 0 N–H and O–H groups in total. The van der Waals surface area contributed by atoms with Crippen LogP contribution in [-0.2, 0) is 6.16 Å². The van der Waals surface area contributed by atoms with Crippen LogP contribution < -0.4 is 15.9 Å². The fourth-order valence-corrected chi connectivity index (χ4v) is 8.78. The van der Waals surface area contributed by atoms with Gasteiger partial charge in [-0.1, -0.05) is 121 Å². The van der Waals surface area contributed by atoms with E-state index >= 15 is 0 Å². The molecular weight excluding hydrogens is 427 g/mol. The van der Waals surface area contributed by atoms with Crippen molar-refractivity contribution in [1.29, 1.82) is 0 Å². The predicted octanol–water partition coefficient (Wildman–Crippen LogP) is 7.35.